The van der Waals surface area contributed by atoms with Gasteiger partial charge in [0.2, 0.25) is 0 Å². The summed E-state index contributed by atoms with van der Waals surface area (Å²) in [5.74, 6) is -0.839. The van der Waals surface area contributed by atoms with Crippen molar-refractivity contribution in [3.63, 3.8) is 0 Å². The summed E-state index contributed by atoms with van der Waals surface area (Å²) in [5.41, 5.74) is 0.977. The van der Waals surface area contributed by atoms with E-state index in [9.17, 15) is 9.59 Å². The van der Waals surface area contributed by atoms with Gasteiger partial charge in [-0.3, -0.25) is 4.79 Å². The largest absolute Gasteiger partial charge is 0.462 e. The van der Waals surface area contributed by atoms with Gasteiger partial charge in [0.15, 0.2) is 0 Å². The van der Waals surface area contributed by atoms with Crippen LogP contribution in [0.1, 0.15) is 27.2 Å². The molecule has 0 spiro atoms. The standard InChI is InChI=1S/C10H15NO3/c1-4-14-10(13)8-6(2)5-7(3)11-9(8)12/h7H,4-5H2,1-3H3,(H,11,12)/t7-/m1/s1. The summed E-state index contributed by atoms with van der Waals surface area (Å²) in [4.78, 5) is 22.8. The van der Waals surface area contributed by atoms with Gasteiger partial charge >= 0.3 is 5.97 Å². The molecule has 1 atom stereocenters. The highest BCUT2D eigenvalue weighted by Crippen LogP contribution is 2.17. The molecule has 1 N–H and O–H groups in total. The Morgan fingerprint density at radius 2 is 2.29 bits per heavy atom. The lowest BCUT2D eigenvalue weighted by atomic mass is 9.97. The summed E-state index contributed by atoms with van der Waals surface area (Å²) in [5, 5.41) is 2.70. The first-order valence-corrected chi connectivity index (χ1v) is 4.74. The van der Waals surface area contributed by atoms with Crippen molar-refractivity contribution >= 4 is 11.9 Å². The molecule has 1 rings (SSSR count). The molecule has 0 radical (unpaired) electrons. The van der Waals surface area contributed by atoms with Gasteiger partial charge in [0.1, 0.15) is 5.57 Å². The lowest BCUT2D eigenvalue weighted by molar-refractivity contribution is -0.140. The van der Waals surface area contributed by atoms with E-state index in [0.717, 1.165) is 5.57 Å². The normalized spacial score (nSPS) is 21.9. The first-order chi connectivity index (χ1) is 6.56. The van der Waals surface area contributed by atoms with Crippen LogP contribution in [-0.2, 0) is 14.3 Å². The van der Waals surface area contributed by atoms with Gasteiger partial charge < -0.3 is 10.1 Å². The van der Waals surface area contributed by atoms with Crippen molar-refractivity contribution in [2.75, 3.05) is 6.61 Å². The smallest absolute Gasteiger partial charge is 0.343 e. The monoisotopic (exact) mass is 197 g/mol. The van der Waals surface area contributed by atoms with Crippen molar-refractivity contribution < 1.29 is 14.3 Å². The molecule has 78 valence electrons. The molecule has 0 saturated heterocycles. The van der Waals surface area contributed by atoms with Crippen LogP contribution in [-0.4, -0.2) is 24.5 Å². The van der Waals surface area contributed by atoms with E-state index in [4.69, 9.17) is 4.74 Å². The highest BCUT2D eigenvalue weighted by molar-refractivity contribution is 6.17. The van der Waals surface area contributed by atoms with Crippen LogP contribution in [0.5, 0.6) is 0 Å². The highest BCUT2D eigenvalue weighted by Gasteiger charge is 2.28. The Morgan fingerprint density at radius 1 is 1.64 bits per heavy atom. The second-order valence-electron chi connectivity index (χ2n) is 3.45. The minimum Gasteiger partial charge on any atom is -0.462 e. The number of carbonyl (C=O) groups excluding carboxylic acids is 2. The molecular weight excluding hydrogens is 182 g/mol. The summed E-state index contributed by atoms with van der Waals surface area (Å²) < 4.78 is 4.80. The van der Waals surface area contributed by atoms with Crippen LogP contribution in [0.25, 0.3) is 0 Å². The molecule has 14 heavy (non-hydrogen) atoms. The maximum Gasteiger partial charge on any atom is 0.343 e. The molecule has 0 aromatic carbocycles. The second kappa shape index (κ2) is 4.26. The average molecular weight is 197 g/mol. The number of amides is 1. The quantitative estimate of drug-likeness (QED) is 0.525. The predicted octanol–water partition coefficient (Wildman–Crippen LogP) is 0.774. The Morgan fingerprint density at radius 3 is 2.79 bits per heavy atom. The Balaban J connectivity index is 2.89. The van der Waals surface area contributed by atoms with Crippen LogP contribution in [0.3, 0.4) is 0 Å². The predicted molar refractivity (Wildman–Crippen MR) is 51.6 cm³/mol. The van der Waals surface area contributed by atoms with Gasteiger partial charge in [0.05, 0.1) is 6.61 Å². The van der Waals surface area contributed by atoms with Crippen LogP contribution in [0.4, 0.5) is 0 Å². The Kier molecular flexibility index (Phi) is 3.28. The van der Waals surface area contributed by atoms with E-state index >= 15 is 0 Å². The molecule has 0 unspecified atom stereocenters. The van der Waals surface area contributed by atoms with Crippen LogP contribution in [0.2, 0.25) is 0 Å². The Hall–Kier alpha value is -1.32. The maximum atomic E-state index is 11.5. The minimum atomic E-state index is -0.519. The van der Waals surface area contributed by atoms with E-state index < -0.39 is 5.97 Å². The lowest BCUT2D eigenvalue weighted by Crippen LogP contribution is -2.40. The van der Waals surface area contributed by atoms with Crippen LogP contribution < -0.4 is 5.32 Å². The molecule has 1 amide bonds. The first-order valence-electron chi connectivity index (χ1n) is 4.74. The molecule has 1 heterocycles. The summed E-state index contributed by atoms with van der Waals surface area (Å²) in [7, 11) is 0. The molecule has 4 heteroatoms. The Bertz CT molecular complexity index is 294. The van der Waals surface area contributed by atoms with Crippen LogP contribution >= 0.6 is 0 Å². The van der Waals surface area contributed by atoms with E-state index in [1.54, 1.807) is 13.8 Å². The summed E-state index contributed by atoms with van der Waals surface area (Å²) >= 11 is 0. The molecular formula is C10H15NO3. The minimum absolute atomic E-state index is 0.0978. The second-order valence-corrected chi connectivity index (χ2v) is 3.45. The van der Waals surface area contributed by atoms with Gasteiger partial charge in [-0.2, -0.15) is 0 Å². The highest BCUT2D eigenvalue weighted by atomic mass is 16.5. The molecule has 0 aromatic heterocycles. The van der Waals surface area contributed by atoms with Gasteiger partial charge in [0, 0.05) is 6.04 Å². The third-order valence-electron chi connectivity index (χ3n) is 2.12. The number of ether oxygens (including phenoxy) is 1. The molecule has 1 aliphatic heterocycles. The first kappa shape index (κ1) is 10.8. The molecule has 0 fully saturated rings. The van der Waals surface area contributed by atoms with E-state index in [0.29, 0.717) is 13.0 Å². The van der Waals surface area contributed by atoms with Gasteiger partial charge in [-0.15, -0.1) is 0 Å². The molecule has 0 bridgehead atoms. The average Bonchev–Trinajstić information content (AvgIpc) is 2.01. The zero-order valence-electron chi connectivity index (χ0n) is 8.72. The van der Waals surface area contributed by atoms with Crippen molar-refractivity contribution in [1.82, 2.24) is 5.32 Å². The molecule has 0 aliphatic carbocycles. The van der Waals surface area contributed by atoms with E-state index in [2.05, 4.69) is 5.32 Å². The summed E-state index contributed by atoms with van der Waals surface area (Å²) in [6.45, 7) is 5.71. The fourth-order valence-electron chi connectivity index (χ4n) is 1.57. The van der Waals surface area contributed by atoms with Crippen molar-refractivity contribution in [3.8, 4) is 0 Å². The van der Waals surface area contributed by atoms with Crippen molar-refractivity contribution in [3.05, 3.63) is 11.1 Å². The SMILES string of the molecule is CCOC(=O)C1=C(C)C[C@@H](C)NC1=O. The van der Waals surface area contributed by atoms with Gasteiger partial charge in [-0.05, 0) is 27.2 Å². The molecule has 0 saturated carbocycles. The maximum absolute atomic E-state index is 11.5. The fraction of sp³-hybridized carbons (Fsp3) is 0.600. The van der Waals surface area contributed by atoms with Gasteiger partial charge in [0.25, 0.3) is 5.91 Å². The van der Waals surface area contributed by atoms with Crippen molar-refractivity contribution in [1.29, 1.82) is 0 Å². The van der Waals surface area contributed by atoms with E-state index in [1.807, 2.05) is 6.92 Å². The summed E-state index contributed by atoms with van der Waals surface area (Å²) in [6.07, 6.45) is 0.708. The van der Waals surface area contributed by atoms with Crippen LogP contribution in [0, 0.1) is 0 Å². The topological polar surface area (TPSA) is 55.4 Å². The number of esters is 1. The zero-order chi connectivity index (χ0) is 10.7. The number of hydrogen-bond acceptors (Lipinski definition) is 3. The van der Waals surface area contributed by atoms with Crippen molar-refractivity contribution in [2.45, 2.75) is 33.2 Å². The van der Waals surface area contributed by atoms with E-state index in [-0.39, 0.29) is 17.5 Å². The lowest BCUT2D eigenvalue weighted by Gasteiger charge is -2.22. The number of carbonyl (C=O) groups is 2. The zero-order valence-corrected chi connectivity index (χ0v) is 8.72. The van der Waals surface area contributed by atoms with Gasteiger partial charge in [-0.25, -0.2) is 4.79 Å². The molecule has 0 aromatic rings. The van der Waals surface area contributed by atoms with Crippen LogP contribution in [0.15, 0.2) is 11.1 Å². The fourth-order valence-corrected chi connectivity index (χ4v) is 1.57. The summed E-state index contributed by atoms with van der Waals surface area (Å²) in [6, 6.07) is 0.0978. The number of hydrogen-bond donors (Lipinski definition) is 1. The third-order valence-corrected chi connectivity index (χ3v) is 2.12. The van der Waals surface area contributed by atoms with E-state index in [1.165, 1.54) is 0 Å². The Labute approximate surface area is 83.3 Å². The number of nitrogens with one attached hydrogen (secondary N) is 1. The number of rotatable bonds is 2. The van der Waals surface area contributed by atoms with Crippen molar-refractivity contribution in [2.24, 2.45) is 0 Å². The van der Waals surface area contributed by atoms with Gasteiger partial charge in [-0.1, -0.05) is 5.57 Å². The third kappa shape index (κ3) is 2.13. The molecule has 1 aliphatic rings. The molecule has 4 nitrogen and oxygen atoms in total.